The van der Waals surface area contributed by atoms with Crippen molar-refractivity contribution in [3.05, 3.63) is 45.5 Å². The van der Waals surface area contributed by atoms with Crippen LogP contribution in [0, 0.1) is 0 Å². The summed E-state index contributed by atoms with van der Waals surface area (Å²) in [6.45, 7) is 3.59. The summed E-state index contributed by atoms with van der Waals surface area (Å²) in [6.07, 6.45) is 2.14. The quantitative estimate of drug-likeness (QED) is 0.778. The minimum absolute atomic E-state index is 0.0268. The van der Waals surface area contributed by atoms with Crippen LogP contribution >= 0.6 is 27.7 Å². The summed E-state index contributed by atoms with van der Waals surface area (Å²) in [5.41, 5.74) is 1.38. The lowest BCUT2D eigenvalue weighted by molar-refractivity contribution is -0.119. The molecular weight excluding hydrogens is 392 g/mol. The smallest absolute Gasteiger partial charge is 0.246 e. The fourth-order valence-electron chi connectivity index (χ4n) is 2.37. The first-order chi connectivity index (χ1) is 11.6. The third kappa shape index (κ3) is 2.91. The van der Waals surface area contributed by atoms with E-state index < -0.39 is 0 Å². The van der Waals surface area contributed by atoms with Crippen molar-refractivity contribution in [1.29, 1.82) is 0 Å². The number of aromatic nitrogens is 3. The van der Waals surface area contributed by atoms with Crippen molar-refractivity contribution in [3.8, 4) is 0 Å². The minimum Gasteiger partial charge on any atom is -0.294 e. The maximum Gasteiger partial charge on any atom is 0.246 e. The summed E-state index contributed by atoms with van der Waals surface area (Å²) in [5.74, 6) is -0.156. The molecular formula is C16H15BrN4O2S. The highest BCUT2D eigenvalue weighted by molar-refractivity contribution is 9.10. The van der Waals surface area contributed by atoms with Gasteiger partial charge < -0.3 is 0 Å². The van der Waals surface area contributed by atoms with E-state index >= 15 is 0 Å². The molecule has 6 nitrogen and oxygen atoms in total. The Morgan fingerprint density at radius 3 is 2.50 bits per heavy atom. The molecule has 0 unspecified atom stereocenters. The minimum atomic E-state index is -0.129. The van der Waals surface area contributed by atoms with Crippen molar-refractivity contribution >= 4 is 45.1 Å². The van der Waals surface area contributed by atoms with E-state index in [9.17, 15) is 9.59 Å². The number of allylic oxidation sites excluding steroid dienone is 1. The van der Waals surface area contributed by atoms with Crippen molar-refractivity contribution in [2.24, 2.45) is 0 Å². The highest BCUT2D eigenvalue weighted by Crippen LogP contribution is 2.39. The molecule has 1 aromatic heterocycles. The Kier molecular flexibility index (Phi) is 4.86. The predicted molar refractivity (Wildman–Crippen MR) is 95.8 cm³/mol. The first kappa shape index (κ1) is 16.9. The molecule has 2 heterocycles. The molecule has 0 N–H and O–H groups in total. The van der Waals surface area contributed by atoms with E-state index in [-0.39, 0.29) is 11.7 Å². The Morgan fingerprint density at radius 2 is 1.88 bits per heavy atom. The van der Waals surface area contributed by atoms with Crippen molar-refractivity contribution < 1.29 is 9.59 Å². The number of carbonyl (C=O) groups excluding carboxylic acids is 2. The van der Waals surface area contributed by atoms with Crippen molar-refractivity contribution in [2.45, 2.75) is 31.8 Å². The van der Waals surface area contributed by atoms with Gasteiger partial charge in [-0.05, 0) is 23.9 Å². The molecule has 3 rings (SSSR count). The molecule has 1 aromatic carbocycles. The Hall–Kier alpha value is -1.93. The topological polar surface area (TPSA) is 68.1 Å². The maximum atomic E-state index is 12.6. The SMILES string of the molecule is CCC(=O)C1=C(c2ccc(Br)cc2)N(C(=O)CC)n2cnnc2S1. The van der Waals surface area contributed by atoms with Crippen LogP contribution in [-0.2, 0) is 9.59 Å². The first-order valence-electron chi connectivity index (χ1n) is 7.51. The number of nitrogens with zero attached hydrogens (tertiary/aromatic N) is 4. The molecule has 1 aliphatic rings. The van der Waals surface area contributed by atoms with E-state index in [0.29, 0.717) is 28.6 Å². The molecule has 0 saturated carbocycles. The normalized spacial score (nSPS) is 13.9. The van der Waals surface area contributed by atoms with Crippen LogP contribution < -0.4 is 5.01 Å². The fraction of sp³-hybridized carbons (Fsp3) is 0.250. The van der Waals surface area contributed by atoms with Gasteiger partial charge in [0.1, 0.15) is 6.33 Å². The van der Waals surface area contributed by atoms with Crippen LogP contribution in [0.2, 0.25) is 0 Å². The van der Waals surface area contributed by atoms with Gasteiger partial charge >= 0.3 is 0 Å². The number of Topliss-reactive ketones (excluding diaryl/α,β-unsaturated/α-hetero) is 1. The van der Waals surface area contributed by atoms with Crippen molar-refractivity contribution in [3.63, 3.8) is 0 Å². The average molecular weight is 407 g/mol. The summed E-state index contributed by atoms with van der Waals surface area (Å²) in [4.78, 5) is 25.7. The highest BCUT2D eigenvalue weighted by atomic mass is 79.9. The highest BCUT2D eigenvalue weighted by Gasteiger charge is 2.33. The van der Waals surface area contributed by atoms with Gasteiger partial charge in [-0.2, -0.15) is 0 Å². The van der Waals surface area contributed by atoms with Gasteiger partial charge in [-0.25, -0.2) is 9.69 Å². The van der Waals surface area contributed by atoms with Crippen LogP contribution in [-0.4, -0.2) is 26.6 Å². The molecule has 0 aliphatic carbocycles. The molecule has 8 heteroatoms. The lowest BCUT2D eigenvalue weighted by atomic mass is 10.1. The number of amides is 1. The number of benzene rings is 1. The number of halogens is 1. The van der Waals surface area contributed by atoms with Gasteiger partial charge in [0.25, 0.3) is 0 Å². The summed E-state index contributed by atoms with van der Waals surface area (Å²) in [7, 11) is 0. The lowest BCUT2D eigenvalue weighted by Gasteiger charge is -2.31. The van der Waals surface area contributed by atoms with Gasteiger partial charge in [0, 0.05) is 22.9 Å². The number of thioether (sulfide) groups is 1. The second-order valence-corrected chi connectivity index (χ2v) is 6.97. The van der Waals surface area contributed by atoms with E-state index in [2.05, 4.69) is 26.1 Å². The molecule has 124 valence electrons. The second kappa shape index (κ2) is 6.90. The molecule has 0 bridgehead atoms. The molecule has 1 aliphatic heterocycles. The maximum absolute atomic E-state index is 12.6. The standard InChI is InChI=1S/C16H15BrN4O2S/c1-3-12(22)15-14(10-5-7-11(17)8-6-10)21(13(23)4-2)20-9-18-19-16(20)24-15/h5-9H,3-4H2,1-2H3. The summed E-state index contributed by atoms with van der Waals surface area (Å²) in [6, 6.07) is 7.54. The number of ketones is 1. The first-order valence-corrected chi connectivity index (χ1v) is 9.12. The molecule has 0 radical (unpaired) electrons. The number of hydrogen-bond acceptors (Lipinski definition) is 5. The summed E-state index contributed by atoms with van der Waals surface area (Å²) >= 11 is 4.66. The fourth-order valence-corrected chi connectivity index (χ4v) is 3.69. The number of hydrogen-bond donors (Lipinski definition) is 0. The van der Waals surface area contributed by atoms with Gasteiger partial charge in [-0.1, -0.05) is 41.9 Å². The van der Waals surface area contributed by atoms with Crippen LogP contribution in [0.25, 0.3) is 5.70 Å². The van der Waals surface area contributed by atoms with E-state index in [1.165, 1.54) is 23.1 Å². The largest absolute Gasteiger partial charge is 0.294 e. The molecule has 2 aromatic rings. The summed E-state index contributed by atoms with van der Waals surface area (Å²) < 4.78 is 2.53. The molecule has 24 heavy (non-hydrogen) atoms. The monoisotopic (exact) mass is 406 g/mol. The molecule has 0 atom stereocenters. The van der Waals surface area contributed by atoms with E-state index in [1.807, 2.05) is 24.3 Å². The number of fused-ring (bicyclic) bond motifs is 1. The van der Waals surface area contributed by atoms with Crippen LogP contribution in [0.3, 0.4) is 0 Å². The van der Waals surface area contributed by atoms with E-state index in [4.69, 9.17) is 0 Å². The molecule has 0 spiro atoms. The zero-order valence-corrected chi connectivity index (χ0v) is 15.6. The van der Waals surface area contributed by atoms with Gasteiger partial charge in [0.05, 0.1) is 10.6 Å². The third-order valence-corrected chi connectivity index (χ3v) is 5.17. The van der Waals surface area contributed by atoms with Gasteiger partial charge in [-0.3, -0.25) is 9.59 Å². The molecule has 1 amide bonds. The summed E-state index contributed by atoms with van der Waals surface area (Å²) in [5, 5.41) is 9.91. The number of rotatable bonds is 4. The Balaban J connectivity index is 2.25. The number of carbonyl (C=O) groups is 2. The van der Waals surface area contributed by atoms with Crippen LogP contribution in [0.5, 0.6) is 0 Å². The van der Waals surface area contributed by atoms with Gasteiger partial charge in [0.15, 0.2) is 5.78 Å². The van der Waals surface area contributed by atoms with Crippen LogP contribution in [0.4, 0.5) is 0 Å². The van der Waals surface area contributed by atoms with Gasteiger partial charge in [-0.15, -0.1) is 10.2 Å². The van der Waals surface area contributed by atoms with E-state index in [1.54, 1.807) is 18.5 Å². The zero-order chi connectivity index (χ0) is 17.3. The predicted octanol–water partition coefficient (Wildman–Crippen LogP) is 3.37. The van der Waals surface area contributed by atoms with E-state index in [0.717, 1.165) is 10.0 Å². The second-order valence-electron chi connectivity index (χ2n) is 5.08. The van der Waals surface area contributed by atoms with Crippen LogP contribution in [0.15, 0.2) is 45.1 Å². The third-order valence-electron chi connectivity index (χ3n) is 3.57. The van der Waals surface area contributed by atoms with Crippen molar-refractivity contribution in [2.75, 3.05) is 5.01 Å². The lowest BCUT2D eigenvalue weighted by Crippen LogP contribution is -2.41. The Bertz CT molecular complexity index is 829. The van der Waals surface area contributed by atoms with Gasteiger partial charge in [0.2, 0.25) is 11.1 Å². The Morgan fingerprint density at radius 1 is 1.17 bits per heavy atom. The molecule has 0 fully saturated rings. The average Bonchev–Trinajstić information content (AvgIpc) is 3.07. The molecule has 0 saturated heterocycles. The van der Waals surface area contributed by atoms with Crippen LogP contribution in [0.1, 0.15) is 32.3 Å². The Labute approximate surface area is 152 Å². The van der Waals surface area contributed by atoms with Crippen molar-refractivity contribution in [1.82, 2.24) is 14.9 Å². The zero-order valence-electron chi connectivity index (χ0n) is 13.2.